The van der Waals surface area contributed by atoms with Gasteiger partial charge in [-0.3, -0.25) is 0 Å². The summed E-state index contributed by atoms with van der Waals surface area (Å²) in [6.07, 6.45) is 46.4. The number of rotatable bonds is 11. The third-order valence-electron chi connectivity index (χ3n) is 27.7. The third kappa shape index (κ3) is 59.4. The van der Waals surface area contributed by atoms with Gasteiger partial charge in [-0.2, -0.15) is 0 Å². The van der Waals surface area contributed by atoms with Crippen molar-refractivity contribution in [2.24, 2.45) is 144 Å². The first kappa shape index (κ1) is 100. The van der Waals surface area contributed by atoms with E-state index < -0.39 is 0 Å². The molecule has 13 fully saturated rings. The second-order valence-electron chi connectivity index (χ2n) is 42.1. The van der Waals surface area contributed by atoms with Gasteiger partial charge in [-0.1, -0.05) is 379 Å². The highest BCUT2D eigenvalue weighted by atomic mass is 14.6. The SMILES string of the molecule is CC(C)C(C)C.CC(C)C1CC1.CC1(C)CCC1.CC1C(C)C1C.CC1CC1(C)C.CCC(C)(C)C.CCC(C)(C)C.CCC(C)CC.CCC1(C)CC1.CCC1(C)CC1.CCC1CC1C.CCC1CCC1.CCC1C[C@@H]1C.CCCC1CC1.C[C@H]1CC1(C)C.C[C@H]1CC12CC2. The average molecular weight is 1350 g/mol. The Morgan fingerprint density at radius 3 is 0.688 bits per heavy atom. The predicted octanol–water partition coefficient (Wildman–Crippen LogP) is 34.6. The van der Waals surface area contributed by atoms with Crippen molar-refractivity contribution >= 4 is 0 Å². The van der Waals surface area contributed by atoms with Gasteiger partial charge in [0.2, 0.25) is 0 Å². The summed E-state index contributed by atoms with van der Waals surface area (Å²) in [6.45, 7) is 89.0. The maximum atomic E-state index is 2.37. The molecule has 0 heterocycles. The van der Waals surface area contributed by atoms with Gasteiger partial charge in [-0.25, -0.2) is 0 Å². The number of hydrogen-bond donors (Lipinski definition) is 0. The fourth-order valence-electron chi connectivity index (χ4n) is 10.5. The Labute approximate surface area is 615 Å². The normalized spacial score (nSPS) is 28.9. The van der Waals surface area contributed by atoms with Crippen LogP contribution in [0.25, 0.3) is 0 Å². The molecule has 0 N–H and O–H groups in total. The standard InChI is InChI=1S/C6H10.11C6H12.4C6H14/c1-5-4-6(5)2-3-6;2*1-5-4-6(5,2)3;1-6(2)4-3-5-6;1-5(2)6-3-4-6;1-4-5(2)6(4)3;2*1-3-6(2)4-5-6;2*1-3-6-4-5(6)2;1-2-6-4-3-5-6;1-2-3-6-4-5-6;2*1-5-6(2,3)4;1-5(2)6(3)4;1-4-6(3)5-2/h5H,2-4H2,1H3;2*5H,4H2,1-3H3;3-5H2,1-2H3;5-6H,3-4H2,1-2H3;4-6H,1-3H3;2*3-5H2,1-2H3;2*5-6H,3-4H2,1-2H3;2*6H,2-5H2,1H3;2*5H2,1-4H3;5-6H,1-4H3;6H,4-5H2,1-3H3/t2*5-;;;;;;;5-,6?;;;;;;;/m00......0......./s1. The molecule has 13 saturated carbocycles. The van der Waals surface area contributed by atoms with Gasteiger partial charge in [-0.05, 0) is 240 Å². The third-order valence-corrected chi connectivity index (χ3v) is 27.7. The van der Waals surface area contributed by atoms with E-state index in [9.17, 15) is 0 Å². The summed E-state index contributed by atoms with van der Waals surface area (Å²) in [5.74, 6) is 17.5. The van der Waals surface area contributed by atoms with Crippen LogP contribution in [0.4, 0.5) is 0 Å². The Balaban J connectivity index is -0.000000961. The molecule has 0 nitrogen and oxygen atoms in total. The van der Waals surface area contributed by atoms with Crippen LogP contribution in [0.1, 0.15) is 475 Å². The predicted molar refractivity (Wildman–Crippen MR) is 448 cm³/mol. The summed E-state index contributed by atoms with van der Waals surface area (Å²) in [7, 11) is 0. The maximum absolute atomic E-state index is 2.37. The van der Waals surface area contributed by atoms with Crippen LogP contribution in [0.5, 0.6) is 0 Å². The Bertz CT molecular complexity index is 1560. The van der Waals surface area contributed by atoms with Crippen molar-refractivity contribution < 1.29 is 0 Å². The minimum atomic E-state index is 0.542. The van der Waals surface area contributed by atoms with Crippen LogP contribution in [-0.4, -0.2) is 0 Å². The van der Waals surface area contributed by atoms with Crippen LogP contribution in [0, 0.1) is 144 Å². The second kappa shape index (κ2) is 48.9. The average Bonchev–Trinajstić information content (AvgIpc) is 1.56. The van der Waals surface area contributed by atoms with Gasteiger partial charge in [0.05, 0.1) is 0 Å². The Kier molecular flexibility index (Phi) is 51.0. The van der Waals surface area contributed by atoms with Gasteiger partial charge in [-0.15, -0.1) is 0 Å². The van der Waals surface area contributed by atoms with Crippen molar-refractivity contribution in [3.05, 3.63) is 0 Å². The number of hydrogen-bond acceptors (Lipinski definition) is 0. The molecule has 0 aromatic carbocycles. The molecule has 582 valence electrons. The highest BCUT2D eigenvalue weighted by molar-refractivity contribution is 5.10. The molecule has 0 aromatic heterocycles. The van der Waals surface area contributed by atoms with Crippen LogP contribution in [0.2, 0.25) is 0 Å². The Hall–Kier alpha value is 0. The molecule has 4 unspecified atom stereocenters. The molecule has 0 radical (unpaired) electrons. The van der Waals surface area contributed by atoms with E-state index >= 15 is 0 Å². The molecule has 13 rings (SSSR count). The molecule has 96 heavy (non-hydrogen) atoms. The summed E-state index contributed by atoms with van der Waals surface area (Å²) < 4.78 is 0. The molecule has 13 aliphatic carbocycles. The first-order chi connectivity index (χ1) is 44.0. The summed E-state index contributed by atoms with van der Waals surface area (Å²) in [5, 5.41) is 0. The quantitative estimate of drug-likeness (QED) is 0.193. The fraction of sp³-hybridized carbons (Fsp3) is 1.00. The molecule has 1 spiro atoms. The van der Waals surface area contributed by atoms with Crippen LogP contribution in [0.15, 0.2) is 0 Å². The van der Waals surface area contributed by atoms with Crippen molar-refractivity contribution in [2.45, 2.75) is 475 Å². The zero-order chi connectivity index (χ0) is 75.4. The van der Waals surface area contributed by atoms with E-state index in [4.69, 9.17) is 0 Å². The maximum Gasteiger partial charge on any atom is -0.0268 e. The monoisotopic (exact) mass is 1350 g/mol. The largest absolute Gasteiger partial charge is 0.0654 e. The van der Waals surface area contributed by atoms with Gasteiger partial charge in [0.25, 0.3) is 0 Å². The minimum Gasteiger partial charge on any atom is -0.0654 e. The molecule has 0 heteroatoms. The zero-order valence-electron chi connectivity index (χ0n) is 75.4. The Morgan fingerprint density at radius 1 is 0.385 bits per heavy atom. The van der Waals surface area contributed by atoms with E-state index in [1.165, 1.54) is 186 Å². The van der Waals surface area contributed by atoms with Crippen molar-refractivity contribution in [3.8, 4) is 0 Å². The zero-order valence-corrected chi connectivity index (χ0v) is 75.4. The molecule has 0 aliphatic heterocycles. The smallest absolute Gasteiger partial charge is 0.0268 e. The van der Waals surface area contributed by atoms with E-state index in [2.05, 4.69) is 270 Å². The molecule has 0 aromatic rings. The van der Waals surface area contributed by atoms with Gasteiger partial charge in [0.1, 0.15) is 0 Å². The highest BCUT2D eigenvalue weighted by Crippen LogP contribution is 2.70. The molecular weight excluding hydrogens is 1150 g/mol. The van der Waals surface area contributed by atoms with Crippen LogP contribution < -0.4 is 0 Å². The fourth-order valence-corrected chi connectivity index (χ4v) is 10.5. The van der Waals surface area contributed by atoms with Crippen LogP contribution >= 0.6 is 0 Å². The van der Waals surface area contributed by atoms with Gasteiger partial charge >= 0.3 is 0 Å². The Morgan fingerprint density at radius 2 is 0.677 bits per heavy atom. The lowest BCUT2D eigenvalue weighted by atomic mass is 9.72. The second-order valence-corrected chi connectivity index (χ2v) is 42.1. The first-order valence-corrected chi connectivity index (χ1v) is 44.0. The van der Waals surface area contributed by atoms with E-state index in [0.29, 0.717) is 21.7 Å². The molecular formula is C96H198. The van der Waals surface area contributed by atoms with E-state index in [1.54, 1.807) is 19.3 Å². The van der Waals surface area contributed by atoms with Crippen molar-refractivity contribution in [2.75, 3.05) is 0 Å². The summed E-state index contributed by atoms with van der Waals surface area (Å²) in [6, 6.07) is 0. The first-order valence-electron chi connectivity index (χ1n) is 44.0. The van der Waals surface area contributed by atoms with Gasteiger partial charge < -0.3 is 0 Å². The summed E-state index contributed by atoms with van der Waals surface area (Å²) >= 11 is 0. The van der Waals surface area contributed by atoms with Crippen molar-refractivity contribution in [3.63, 3.8) is 0 Å². The summed E-state index contributed by atoms with van der Waals surface area (Å²) in [5.41, 5.74) is 5.76. The lowest BCUT2D eigenvalue weighted by molar-refractivity contribution is 0.190. The molecule has 0 amide bonds. The minimum absolute atomic E-state index is 0.542. The topological polar surface area (TPSA) is 0 Å². The van der Waals surface area contributed by atoms with E-state index in [1.807, 2.05) is 0 Å². The lowest BCUT2D eigenvalue weighted by Gasteiger charge is -2.33. The van der Waals surface area contributed by atoms with Gasteiger partial charge in [0, 0.05) is 0 Å². The molecule has 7 atom stereocenters. The van der Waals surface area contributed by atoms with Crippen molar-refractivity contribution in [1.29, 1.82) is 0 Å². The van der Waals surface area contributed by atoms with E-state index in [0.717, 1.165) is 122 Å². The molecule has 0 saturated heterocycles. The molecule has 0 bridgehead atoms. The van der Waals surface area contributed by atoms with Crippen molar-refractivity contribution in [1.82, 2.24) is 0 Å². The van der Waals surface area contributed by atoms with E-state index in [-0.39, 0.29) is 0 Å². The van der Waals surface area contributed by atoms with Crippen LogP contribution in [0.3, 0.4) is 0 Å². The summed E-state index contributed by atoms with van der Waals surface area (Å²) in [4.78, 5) is 0. The molecule has 13 aliphatic rings. The lowest BCUT2D eigenvalue weighted by Crippen LogP contribution is -2.20. The van der Waals surface area contributed by atoms with Gasteiger partial charge in [0.15, 0.2) is 0 Å². The highest BCUT2D eigenvalue weighted by Gasteiger charge is 2.59. The van der Waals surface area contributed by atoms with Crippen LogP contribution in [-0.2, 0) is 0 Å².